The van der Waals surface area contributed by atoms with E-state index in [9.17, 15) is 43.5 Å². The molecule has 0 spiro atoms. The molecule has 23 heteroatoms. The Morgan fingerprint density at radius 1 is 0.805 bits per heavy atom. The fourth-order valence-corrected chi connectivity index (χ4v) is 9.94. The van der Waals surface area contributed by atoms with Gasteiger partial charge in [0.25, 0.3) is 0 Å². The van der Waals surface area contributed by atoms with Crippen LogP contribution >= 0.6 is 0 Å². The molecule has 0 bridgehead atoms. The molecule has 1 aliphatic heterocycles. The molecule has 0 aliphatic carbocycles. The van der Waals surface area contributed by atoms with E-state index in [-0.39, 0.29) is 94.1 Å². The highest BCUT2D eigenvalue weighted by Gasteiger charge is 2.43. The summed E-state index contributed by atoms with van der Waals surface area (Å²) in [5.74, 6) is -4.08. The van der Waals surface area contributed by atoms with Crippen molar-refractivity contribution in [1.82, 2.24) is 41.7 Å². The molecule has 1 aromatic carbocycles. The van der Waals surface area contributed by atoms with Gasteiger partial charge in [-0.05, 0) is 83.7 Å². The quantitative estimate of drug-likeness (QED) is 0.0285. The zero-order chi connectivity index (χ0) is 61.9. The molecule has 1 aromatic rings. The second-order valence-electron chi connectivity index (χ2n) is 23.0. The number of nitrogens with one attached hydrogen (secondary N) is 6. The van der Waals surface area contributed by atoms with Crippen LogP contribution < -0.4 is 31.9 Å². The van der Waals surface area contributed by atoms with Crippen molar-refractivity contribution in [3.63, 3.8) is 0 Å². The number of aliphatic hydroxyl groups excluding tert-OH is 1. The summed E-state index contributed by atoms with van der Waals surface area (Å²) in [6, 6.07) is 4.85. The first-order valence-corrected chi connectivity index (χ1v) is 29.2. The van der Waals surface area contributed by atoms with Gasteiger partial charge in [-0.25, -0.2) is 9.59 Å². The number of benzene rings is 1. The van der Waals surface area contributed by atoms with Crippen LogP contribution in [0.15, 0.2) is 30.3 Å². The first-order chi connectivity index (χ1) is 38.7. The topological polar surface area (TPSA) is 291 Å². The molecule has 1 fully saturated rings. The number of alkyl carbamates (subject to hydrolysis) is 1. The number of hydrogen-bond donors (Lipinski definition) is 7. The van der Waals surface area contributed by atoms with Crippen molar-refractivity contribution >= 4 is 47.5 Å². The number of carbonyl (C=O) groups excluding carboxylic acids is 8. The SMILES string of the molecule is CCC(CO)OC(COC(=O)NCCC(=O)N[C@@H](C)C(=O)OCCCNC(=O)[C@H](Cc1ccccc1)NC(=O)[C@H](C)[C@@H](OC)[C@@H]1CCCN1C(=O)C[C@@H](OC)[C@H]([C@@H](C)CC)N(C)C(=O)[C@@H](NC(=O)[C@@H](NC)C(C)C)C(C)C)OC(C)(C)C. The summed E-state index contributed by atoms with van der Waals surface area (Å²) in [4.78, 5) is 111. The number of carbonyl (C=O) groups is 8. The Morgan fingerprint density at radius 2 is 1.46 bits per heavy atom. The molecule has 0 aromatic heterocycles. The zero-order valence-electron chi connectivity index (χ0n) is 51.9. The largest absolute Gasteiger partial charge is 0.464 e. The van der Waals surface area contributed by atoms with Crippen molar-refractivity contribution in [1.29, 1.82) is 0 Å². The Kier molecular flexibility index (Phi) is 32.8. The standard InChI is InChI=1S/C59H102N8O15/c1-17-38(7)51(66(14)56(74)50(37(5)6)65-55(73)49(60-13)36(3)4)45(77-15)33-47(70)67-30-22-26-44(67)52(78-16)39(8)53(71)64-43(32-41-24-20-19-21-25-41)54(72)61-28-23-31-79-57(75)40(9)63-46(69)27-29-62-58(76)80-35-48(82-59(10,11)12)81-42(18-2)34-68/h19-21,24-25,36-40,42-45,48-52,60,68H,17-18,22-23,26-35H2,1-16H3,(H,61,72)(H,62,76)(H,63,69)(H,64,71)(H,65,73)/t38-,39+,40-,42?,43-,44-,45+,48?,49-,50-,51-,52+/m0/s1. The summed E-state index contributed by atoms with van der Waals surface area (Å²) in [6.07, 6.45) is -1.12. The molecular weight excluding hydrogens is 1060 g/mol. The smallest absolute Gasteiger partial charge is 0.407 e. The Balaban J connectivity index is 2.05. The van der Waals surface area contributed by atoms with Gasteiger partial charge < -0.3 is 75.2 Å². The van der Waals surface area contributed by atoms with Crippen molar-refractivity contribution in [2.45, 2.75) is 201 Å². The Labute approximate surface area is 487 Å². The van der Waals surface area contributed by atoms with Crippen molar-refractivity contribution in [2.75, 3.05) is 67.8 Å². The van der Waals surface area contributed by atoms with Crippen molar-refractivity contribution in [3.8, 4) is 0 Å². The minimum atomic E-state index is -1.02. The number of ether oxygens (including phenoxy) is 6. The third kappa shape index (κ3) is 24.4. The van der Waals surface area contributed by atoms with Crippen LogP contribution in [0.2, 0.25) is 0 Å². The molecule has 468 valence electrons. The van der Waals surface area contributed by atoms with Crippen LogP contribution in [0.25, 0.3) is 0 Å². The van der Waals surface area contributed by atoms with Crippen LogP contribution in [0, 0.1) is 23.7 Å². The van der Waals surface area contributed by atoms with Crippen LogP contribution in [-0.4, -0.2) is 197 Å². The van der Waals surface area contributed by atoms with E-state index < -0.39 is 102 Å². The number of likely N-dealkylation sites (N-methyl/N-ethyl adjacent to an activating group) is 2. The van der Waals surface area contributed by atoms with Gasteiger partial charge in [0.05, 0.1) is 67.6 Å². The van der Waals surface area contributed by atoms with Gasteiger partial charge in [-0.3, -0.25) is 28.8 Å². The lowest BCUT2D eigenvalue weighted by Gasteiger charge is -2.41. The minimum Gasteiger partial charge on any atom is -0.464 e. The van der Waals surface area contributed by atoms with E-state index in [2.05, 4.69) is 31.9 Å². The summed E-state index contributed by atoms with van der Waals surface area (Å²) in [5.41, 5.74) is 0.181. The van der Waals surface area contributed by atoms with E-state index in [1.165, 1.54) is 21.1 Å². The number of likely N-dealkylation sites (tertiary alicyclic amines) is 1. The summed E-state index contributed by atoms with van der Waals surface area (Å²) < 4.78 is 34.2. The van der Waals surface area contributed by atoms with Gasteiger partial charge in [-0.1, -0.05) is 92.1 Å². The maximum atomic E-state index is 14.5. The van der Waals surface area contributed by atoms with E-state index in [0.717, 1.165) is 5.56 Å². The number of amides is 7. The number of hydrogen-bond acceptors (Lipinski definition) is 16. The third-order valence-corrected chi connectivity index (χ3v) is 14.7. The summed E-state index contributed by atoms with van der Waals surface area (Å²) in [6.45, 7) is 21.9. The predicted molar refractivity (Wildman–Crippen MR) is 310 cm³/mol. The van der Waals surface area contributed by atoms with Crippen LogP contribution in [0.1, 0.15) is 134 Å². The molecule has 1 aliphatic rings. The molecular formula is C59H102N8O15. The van der Waals surface area contributed by atoms with Crippen molar-refractivity contribution in [3.05, 3.63) is 35.9 Å². The molecule has 2 rings (SSSR count). The second-order valence-corrected chi connectivity index (χ2v) is 23.0. The highest BCUT2D eigenvalue weighted by atomic mass is 16.7. The summed E-state index contributed by atoms with van der Waals surface area (Å²) in [5, 5.41) is 26.3. The van der Waals surface area contributed by atoms with Crippen molar-refractivity contribution < 1.29 is 71.9 Å². The Hall–Kier alpha value is -5.46. The lowest BCUT2D eigenvalue weighted by atomic mass is 9.89. The normalized spacial score (nSPS) is 17.6. The lowest BCUT2D eigenvalue weighted by Crippen LogP contribution is -2.59. The number of nitrogens with zero attached hydrogens (tertiary/aromatic N) is 2. The van der Waals surface area contributed by atoms with Crippen LogP contribution in [-0.2, 0) is 68.4 Å². The van der Waals surface area contributed by atoms with Crippen molar-refractivity contribution in [2.24, 2.45) is 23.7 Å². The predicted octanol–water partition coefficient (Wildman–Crippen LogP) is 3.62. The molecule has 0 radical (unpaired) electrons. The Bertz CT molecular complexity index is 2130. The maximum Gasteiger partial charge on any atom is 0.407 e. The second kappa shape index (κ2) is 37.0. The van der Waals surface area contributed by atoms with Gasteiger partial charge in [0.2, 0.25) is 35.4 Å². The molecule has 1 heterocycles. The van der Waals surface area contributed by atoms with E-state index in [1.54, 1.807) is 30.8 Å². The molecule has 23 nitrogen and oxygen atoms in total. The van der Waals surface area contributed by atoms with Gasteiger partial charge >= 0.3 is 12.1 Å². The first-order valence-electron chi connectivity index (χ1n) is 29.2. The fourth-order valence-electron chi connectivity index (χ4n) is 9.94. The lowest BCUT2D eigenvalue weighted by molar-refractivity contribution is -0.233. The molecule has 7 amide bonds. The highest BCUT2D eigenvalue weighted by molar-refractivity contribution is 5.91. The summed E-state index contributed by atoms with van der Waals surface area (Å²) in [7, 11) is 6.42. The van der Waals surface area contributed by atoms with E-state index in [1.807, 2.05) is 99.6 Å². The number of methoxy groups -OCH3 is 2. The molecule has 7 N–H and O–H groups in total. The van der Waals surface area contributed by atoms with Crippen LogP contribution in [0.4, 0.5) is 4.79 Å². The van der Waals surface area contributed by atoms with E-state index >= 15 is 0 Å². The van der Waals surface area contributed by atoms with Crippen LogP contribution in [0.3, 0.4) is 0 Å². The maximum absolute atomic E-state index is 14.5. The zero-order valence-corrected chi connectivity index (χ0v) is 51.9. The van der Waals surface area contributed by atoms with Gasteiger partial charge in [-0.2, -0.15) is 0 Å². The highest BCUT2D eigenvalue weighted by Crippen LogP contribution is 2.30. The van der Waals surface area contributed by atoms with Crippen LogP contribution in [0.5, 0.6) is 0 Å². The first kappa shape index (κ1) is 72.6. The van der Waals surface area contributed by atoms with E-state index in [4.69, 9.17) is 28.4 Å². The Morgan fingerprint density at radius 3 is 2.02 bits per heavy atom. The average molecular weight is 1160 g/mol. The molecule has 82 heavy (non-hydrogen) atoms. The monoisotopic (exact) mass is 1160 g/mol. The van der Waals surface area contributed by atoms with E-state index in [0.29, 0.717) is 32.2 Å². The molecule has 12 atom stereocenters. The van der Waals surface area contributed by atoms with Gasteiger partial charge in [0.1, 0.15) is 24.7 Å². The molecule has 1 saturated heterocycles. The van der Waals surface area contributed by atoms with Gasteiger partial charge in [-0.15, -0.1) is 0 Å². The third-order valence-electron chi connectivity index (χ3n) is 14.7. The molecule has 0 saturated carbocycles. The number of aliphatic hydroxyl groups is 1. The number of rotatable bonds is 37. The molecule has 2 unspecified atom stereocenters. The summed E-state index contributed by atoms with van der Waals surface area (Å²) >= 11 is 0. The van der Waals surface area contributed by atoms with Gasteiger partial charge in [0.15, 0.2) is 6.29 Å². The average Bonchev–Trinajstić information content (AvgIpc) is 3.93. The number of esters is 1. The fraction of sp³-hybridized carbons (Fsp3) is 0.763. The minimum absolute atomic E-state index is 0.0108. The van der Waals surface area contributed by atoms with Gasteiger partial charge in [0, 0.05) is 53.7 Å².